The van der Waals surface area contributed by atoms with Crippen molar-refractivity contribution in [2.75, 3.05) is 0 Å². The Bertz CT molecular complexity index is 441. The van der Waals surface area contributed by atoms with E-state index in [1.807, 2.05) is 24.3 Å². The highest BCUT2D eigenvalue weighted by atomic mass is 127. The summed E-state index contributed by atoms with van der Waals surface area (Å²) >= 11 is 7.81. The summed E-state index contributed by atoms with van der Waals surface area (Å²) in [6, 6.07) is 7.60. The quantitative estimate of drug-likeness (QED) is 0.632. The van der Waals surface area contributed by atoms with Gasteiger partial charge in [0.1, 0.15) is 12.0 Å². The summed E-state index contributed by atoms with van der Waals surface area (Å²) in [6.07, 6.45) is 1.70. The van der Waals surface area contributed by atoms with Crippen LogP contribution < -0.4 is 4.74 Å². The molecule has 0 saturated carbocycles. The standard InChI is InChI=1S/C10H7ClINO2/c11-5-8-6-14-10(13-8)15-9-3-1-7(12)2-4-9/h1-4,6H,5H2. The lowest BCUT2D eigenvalue weighted by atomic mass is 10.3. The van der Waals surface area contributed by atoms with Crippen molar-refractivity contribution in [1.82, 2.24) is 4.98 Å². The van der Waals surface area contributed by atoms with Crippen molar-refractivity contribution in [1.29, 1.82) is 0 Å². The van der Waals surface area contributed by atoms with E-state index in [1.54, 1.807) is 0 Å². The second kappa shape index (κ2) is 4.85. The largest absolute Gasteiger partial charge is 0.417 e. The van der Waals surface area contributed by atoms with Gasteiger partial charge in [0.25, 0.3) is 0 Å². The SMILES string of the molecule is ClCc1coc(Oc2ccc(I)cc2)n1. The van der Waals surface area contributed by atoms with Gasteiger partial charge in [-0.25, -0.2) is 0 Å². The second-order valence-corrected chi connectivity index (χ2v) is 4.31. The highest BCUT2D eigenvalue weighted by molar-refractivity contribution is 14.1. The van der Waals surface area contributed by atoms with Crippen LogP contribution >= 0.6 is 34.2 Å². The molecule has 0 aliphatic rings. The Morgan fingerprint density at radius 2 is 2.07 bits per heavy atom. The lowest BCUT2D eigenvalue weighted by Gasteiger charge is -1.99. The minimum atomic E-state index is 0.215. The van der Waals surface area contributed by atoms with Gasteiger partial charge in [-0.1, -0.05) is 0 Å². The molecule has 0 saturated heterocycles. The van der Waals surface area contributed by atoms with Gasteiger partial charge < -0.3 is 9.15 Å². The minimum absolute atomic E-state index is 0.215. The van der Waals surface area contributed by atoms with Gasteiger partial charge in [-0.05, 0) is 46.9 Å². The van der Waals surface area contributed by atoms with Crippen LogP contribution in [0.1, 0.15) is 5.69 Å². The van der Waals surface area contributed by atoms with Gasteiger partial charge in [-0.2, -0.15) is 4.98 Å². The highest BCUT2D eigenvalue weighted by Gasteiger charge is 2.04. The van der Waals surface area contributed by atoms with Gasteiger partial charge in [0, 0.05) is 3.57 Å². The number of oxazole rings is 1. The average Bonchev–Trinajstić information content (AvgIpc) is 2.69. The molecule has 1 aromatic carbocycles. The summed E-state index contributed by atoms with van der Waals surface area (Å²) in [6.45, 7) is 0. The topological polar surface area (TPSA) is 35.3 Å². The molecule has 0 spiro atoms. The molecule has 0 fully saturated rings. The Morgan fingerprint density at radius 3 is 2.67 bits per heavy atom. The van der Waals surface area contributed by atoms with Crippen molar-refractivity contribution in [2.45, 2.75) is 5.88 Å². The molecule has 3 nitrogen and oxygen atoms in total. The van der Waals surface area contributed by atoms with Crippen LogP contribution in [0.25, 0.3) is 0 Å². The number of alkyl halides is 1. The molecule has 0 atom stereocenters. The van der Waals surface area contributed by atoms with Crippen LogP contribution in [0.5, 0.6) is 11.8 Å². The lowest BCUT2D eigenvalue weighted by Crippen LogP contribution is -1.84. The predicted octanol–water partition coefficient (Wildman–Crippen LogP) is 3.81. The van der Waals surface area contributed by atoms with E-state index in [1.165, 1.54) is 6.26 Å². The smallest absolute Gasteiger partial charge is 0.399 e. The average molecular weight is 336 g/mol. The number of ether oxygens (including phenoxy) is 1. The van der Waals surface area contributed by atoms with Crippen LogP contribution in [-0.2, 0) is 5.88 Å². The summed E-state index contributed by atoms with van der Waals surface area (Å²) in [5.74, 6) is 1.01. The number of halogens is 2. The van der Waals surface area contributed by atoms with Crippen molar-refractivity contribution in [2.24, 2.45) is 0 Å². The predicted molar refractivity (Wildman–Crippen MR) is 65.3 cm³/mol. The Morgan fingerprint density at radius 1 is 1.33 bits per heavy atom. The Kier molecular flexibility index (Phi) is 3.48. The molecule has 2 aromatic rings. The van der Waals surface area contributed by atoms with Gasteiger partial charge in [-0.3, -0.25) is 0 Å². The van der Waals surface area contributed by atoms with Crippen molar-refractivity contribution in [3.63, 3.8) is 0 Å². The fraction of sp³-hybridized carbons (Fsp3) is 0.100. The molecule has 1 aromatic heterocycles. The van der Waals surface area contributed by atoms with E-state index in [0.717, 1.165) is 3.57 Å². The molecule has 5 heteroatoms. The van der Waals surface area contributed by atoms with Crippen LogP contribution in [0.3, 0.4) is 0 Å². The monoisotopic (exact) mass is 335 g/mol. The van der Waals surface area contributed by atoms with E-state index >= 15 is 0 Å². The van der Waals surface area contributed by atoms with Gasteiger partial charge in [0.15, 0.2) is 0 Å². The number of nitrogens with zero attached hydrogens (tertiary/aromatic N) is 1. The summed E-state index contributed by atoms with van der Waals surface area (Å²) < 4.78 is 11.6. The third kappa shape index (κ3) is 2.85. The fourth-order valence-electron chi connectivity index (χ4n) is 1.00. The molecule has 0 aliphatic heterocycles. The molecule has 15 heavy (non-hydrogen) atoms. The summed E-state index contributed by atoms with van der Waals surface area (Å²) in [4.78, 5) is 4.02. The van der Waals surface area contributed by atoms with E-state index < -0.39 is 0 Å². The van der Waals surface area contributed by atoms with E-state index in [2.05, 4.69) is 27.6 Å². The van der Waals surface area contributed by atoms with E-state index in [9.17, 15) is 0 Å². The summed E-state index contributed by atoms with van der Waals surface area (Å²) in [7, 11) is 0. The molecule has 0 radical (unpaired) electrons. The zero-order chi connectivity index (χ0) is 10.7. The lowest BCUT2D eigenvalue weighted by molar-refractivity contribution is 0.330. The van der Waals surface area contributed by atoms with E-state index in [0.29, 0.717) is 17.3 Å². The van der Waals surface area contributed by atoms with Crippen LogP contribution in [-0.4, -0.2) is 4.98 Å². The van der Waals surface area contributed by atoms with Crippen LogP contribution in [0.4, 0.5) is 0 Å². The molecule has 78 valence electrons. The Hall–Kier alpha value is -0.750. The maximum atomic E-state index is 5.58. The number of hydrogen-bond donors (Lipinski definition) is 0. The molecule has 0 amide bonds. The van der Waals surface area contributed by atoms with Crippen molar-refractivity contribution in [3.05, 3.63) is 39.8 Å². The molecule has 0 aliphatic carbocycles. The maximum absolute atomic E-state index is 5.58. The van der Waals surface area contributed by atoms with E-state index in [4.69, 9.17) is 20.8 Å². The zero-order valence-corrected chi connectivity index (χ0v) is 10.5. The highest BCUT2D eigenvalue weighted by Crippen LogP contribution is 2.21. The summed E-state index contributed by atoms with van der Waals surface area (Å²) in [5, 5.41) is 0. The first-order valence-electron chi connectivity index (χ1n) is 4.22. The summed E-state index contributed by atoms with van der Waals surface area (Å²) in [5.41, 5.74) is 0.664. The molecule has 1 heterocycles. The molecule has 2 rings (SSSR count). The zero-order valence-electron chi connectivity index (χ0n) is 7.61. The van der Waals surface area contributed by atoms with E-state index in [-0.39, 0.29) is 6.08 Å². The normalized spacial score (nSPS) is 10.3. The molecule has 0 unspecified atom stereocenters. The number of rotatable bonds is 3. The number of aromatic nitrogens is 1. The third-order valence-electron chi connectivity index (χ3n) is 1.69. The molecular weight excluding hydrogens is 328 g/mol. The maximum Gasteiger partial charge on any atom is 0.399 e. The van der Waals surface area contributed by atoms with Gasteiger partial charge in [0.05, 0.1) is 11.6 Å². The Labute approximate surface area is 106 Å². The van der Waals surface area contributed by atoms with Gasteiger partial charge in [0.2, 0.25) is 0 Å². The fourth-order valence-corrected chi connectivity index (χ4v) is 1.48. The molecule has 0 N–H and O–H groups in total. The first-order valence-corrected chi connectivity index (χ1v) is 5.83. The number of benzene rings is 1. The second-order valence-electron chi connectivity index (χ2n) is 2.79. The molecule has 0 bridgehead atoms. The Balaban J connectivity index is 2.11. The van der Waals surface area contributed by atoms with Crippen molar-refractivity contribution < 1.29 is 9.15 Å². The van der Waals surface area contributed by atoms with Crippen molar-refractivity contribution >= 4 is 34.2 Å². The van der Waals surface area contributed by atoms with Gasteiger partial charge >= 0.3 is 6.08 Å². The van der Waals surface area contributed by atoms with Crippen molar-refractivity contribution in [3.8, 4) is 11.8 Å². The first kappa shape index (κ1) is 10.8. The molecular formula is C10H7ClINO2. The van der Waals surface area contributed by atoms with Gasteiger partial charge in [-0.15, -0.1) is 11.6 Å². The minimum Gasteiger partial charge on any atom is -0.417 e. The third-order valence-corrected chi connectivity index (χ3v) is 2.68. The van der Waals surface area contributed by atoms with Crippen LogP contribution in [0.15, 0.2) is 34.9 Å². The van der Waals surface area contributed by atoms with Crippen LogP contribution in [0.2, 0.25) is 0 Å². The first-order chi connectivity index (χ1) is 7.28. The van der Waals surface area contributed by atoms with Crippen LogP contribution in [0, 0.1) is 3.57 Å². The number of hydrogen-bond acceptors (Lipinski definition) is 3.